The van der Waals surface area contributed by atoms with Gasteiger partial charge in [0.25, 0.3) is 4.92 Å². The molecule has 4 rings (SSSR count). The van der Waals surface area contributed by atoms with Gasteiger partial charge in [0, 0.05) is 44.0 Å². The first-order chi connectivity index (χ1) is 17.5. The monoisotopic (exact) mass is 509 g/mol. The van der Waals surface area contributed by atoms with E-state index < -0.39 is 5.60 Å². The zero-order valence-electron chi connectivity index (χ0n) is 21.9. The smallest absolute Gasteiger partial charge is 0.410 e. The fourth-order valence-corrected chi connectivity index (χ4v) is 4.09. The Labute approximate surface area is 215 Å². The van der Waals surface area contributed by atoms with Crippen LogP contribution in [0.3, 0.4) is 0 Å². The second-order valence-corrected chi connectivity index (χ2v) is 10.1. The van der Waals surface area contributed by atoms with Crippen molar-refractivity contribution in [3.8, 4) is 11.1 Å². The summed E-state index contributed by atoms with van der Waals surface area (Å²) in [5, 5.41) is 10.7. The number of aryl methyl sites for hydroxylation is 1. The Bertz CT molecular complexity index is 1290. The standard InChI is InChI=1S/C25H33N8O4/c1-16-13-32(24(34)37-25(2,3)4)15-20(16)29-23-12-26-11-22(30-23)28-19-8-7-17(9-21(19)33(35)36-6)18-10-27-31(5)14-18/h7-12,14,16,20H,13,15H2,1-6H3,(H2,28,29,30)/q+1/t16-,20+/m1/s1. The molecule has 2 atom stereocenters. The van der Waals surface area contributed by atoms with Crippen LogP contribution in [0.15, 0.2) is 43.0 Å². The summed E-state index contributed by atoms with van der Waals surface area (Å²) in [6.07, 6.45) is 6.45. The van der Waals surface area contributed by atoms with E-state index in [9.17, 15) is 9.70 Å². The Morgan fingerprint density at radius 3 is 2.57 bits per heavy atom. The van der Waals surface area contributed by atoms with Crippen LogP contribution in [0, 0.1) is 10.8 Å². The Morgan fingerprint density at radius 1 is 1.14 bits per heavy atom. The van der Waals surface area contributed by atoms with Crippen molar-refractivity contribution >= 4 is 29.1 Å². The molecule has 12 heteroatoms. The summed E-state index contributed by atoms with van der Waals surface area (Å²) in [4.78, 5) is 40.9. The molecular formula is C25H33N8O4+. The third-order valence-corrected chi connectivity index (χ3v) is 5.89. The van der Waals surface area contributed by atoms with Gasteiger partial charge in [-0.05, 0) is 38.3 Å². The lowest BCUT2D eigenvalue weighted by Gasteiger charge is -2.24. The number of carbonyl (C=O) groups excluding carboxylic acids is 1. The van der Waals surface area contributed by atoms with E-state index in [1.54, 1.807) is 40.3 Å². The average molecular weight is 510 g/mol. The molecule has 0 bridgehead atoms. The average Bonchev–Trinajstić information content (AvgIpc) is 3.43. The Kier molecular flexibility index (Phi) is 7.28. The summed E-state index contributed by atoms with van der Waals surface area (Å²) in [6.45, 7) is 8.71. The van der Waals surface area contributed by atoms with Gasteiger partial charge in [-0.3, -0.25) is 9.67 Å². The number of amides is 1. The number of carbonyl (C=O) groups is 1. The highest BCUT2D eigenvalue weighted by molar-refractivity contribution is 5.75. The number of likely N-dealkylation sites (tertiary alicyclic amines) is 1. The third kappa shape index (κ3) is 6.32. The lowest BCUT2D eigenvalue weighted by Crippen LogP contribution is -2.36. The fourth-order valence-electron chi connectivity index (χ4n) is 4.09. The van der Waals surface area contributed by atoms with Crippen LogP contribution in [0.25, 0.3) is 11.1 Å². The summed E-state index contributed by atoms with van der Waals surface area (Å²) in [5.41, 5.74) is 1.92. The first-order valence-corrected chi connectivity index (χ1v) is 12.0. The molecule has 1 fully saturated rings. The minimum Gasteiger partial charge on any atom is -0.444 e. The van der Waals surface area contributed by atoms with Gasteiger partial charge >= 0.3 is 11.8 Å². The number of anilines is 3. The summed E-state index contributed by atoms with van der Waals surface area (Å²) in [6, 6.07) is 5.36. The molecule has 1 amide bonds. The number of nitrogens with zero attached hydrogens (tertiary/aromatic N) is 6. The van der Waals surface area contributed by atoms with Crippen molar-refractivity contribution in [2.24, 2.45) is 13.0 Å². The normalized spacial score (nSPS) is 17.4. The fraction of sp³-hybridized carbons (Fsp3) is 0.440. The van der Waals surface area contributed by atoms with E-state index in [4.69, 9.17) is 9.57 Å². The lowest BCUT2D eigenvalue weighted by atomic mass is 10.1. The maximum atomic E-state index is 12.5. The highest BCUT2D eigenvalue weighted by atomic mass is 16.8. The van der Waals surface area contributed by atoms with Crippen LogP contribution in [-0.2, 0) is 16.6 Å². The van der Waals surface area contributed by atoms with Gasteiger partial charge in [-0.25, -0.2) is 14.6 Å². The largest absolute Gasteiger partial charge is 0.444 e. The minimum absolute atomic E-state index is 0.0166. The van der Waals surface area contributed by atoms with Crippen molar-refractivity contribution in [1.82, 2.24) is 24.6 Å². The SMILES string of the molecule is CO[N+](=O)c1cc(-c2cnn(C)c2)ccc1Nc1cncc(N[C@H]2CN(C(=O)OC(C)(C)C)C[C@H]2C)n1. The molecular weight excluding hydrogens is 476 g/mol. The second-order valence-electron chi connectivity index (χ2n) is 10.1. The molecule has 12 nitrogen and oxygen atoms in total. The second kappa shape index (κ2) is 10.4. The third-order valence-electron chi connectivity index (χ3n) is 5.89. The van der Waals surface area contributed by atoms with E-state index >= 15 is 0 Å². The molecule has 3 heterocycles. The summed E-state index contributed by atoms with van der Waals surface area (Å²) < 4.78 is 7.20. The molecule has 1 aromatic carbocycles. The molecule has 0 unspecified atom stereocenters. The van der Waals surface area contributed by atoms with Gasteiger partial charge in [0.15, 0.2) is 12.9 Å². The van der Waals surface area contributed by atoms with Gasteiger partial charge < -0.3 is 20.3 Å². The van der Waals surface area contributed by atoms with Gasteiger partial charge in [0.05, 0.1) is 23.5 Å². The van der Waals surface area contributed by atoms with E-state index in [-0.39, 0.29) is 23.7 Å². The van der Waals surface area contributed by atoms with Crippen molar-refractivity contribution in [3.05, 3.63) is 47.9 Å². The van der Waals surface area contributed by atoms with Crippen molar-refractivity contribution < 1.29 is 19.3 Å². The summed E-state index contributed by atoms with van der Waals surface area (Å²) in [5.74, 6) is 1.18. The number of hydrogen-bond acceptors (Lipinski definition) is 9. The number of ether oxygens (including phenoxy) is 1. The Hall–Kier alpha value is -4.22. The van der Waals surface area contributed by atoms with E-state index in [0.717, 1.165) is 11.1 Å². The Morgan fingerprint density at radius 2 is 1.89 bits per heavy atom. The molecule has 1 aliphatic heterocycles. The summed E-state index contributed by atoms with van der Waals surface area (Å²) >= 11 is 0. The zero-order chi connectivity index (χ0) is 26.7. The van der Waals surface area contributed by atoms with Crippen LogP contribution in [0.1, 0.15) is 27.7 Å². The van der Waals surface area contributed by atoms with Gasteiger partial charge in [0.2, 0.25) is 0 Å². The molecule has 0 saturated carbocycles. The minimum atomic E-state index is -0.547. The number of benzene rings is 1. The number of aromatic nitrogens is 4. The molecule has 2 aromatic heterocycles. The van der Waals surface area contributed by atoms with Crippen molar-refractivity contribution in [3.63, 3.8) is 0 Å². The Balaban J connectivity index is 1.49. The molecule has 37 heavy (non-hydrogen) atoms. The van der Waals surface area contributed by atoms with Gasteiger partial charge in [-0.1, -0.05) is 13.0 Å². The molecule has 0 spiro atoms. The van der Waals surface area contributed by atoms with Crippen LogP contribution >= 0.6 is 0 Å². The van der Waals surface area contributed by atoms with Crippen molar-refractivity contribution in [1.29, 1.82) is 0 Å². The van der Waals surface area contributed by atoms with Crippen LogP contribution < -0.4 is 10.6 Å². The maximum absolute atomic E-state index is 12.5. The highest BCUT2D eigenvalue weighted by Gasteiger charge is 2.35. The molecule has 1 aliphatic rings. The van der Waals surface area contributed by atoms with Gasteiger partial charge in [0.1, 0.15) is 17.1 Å². The maximum Gasteiger partial charge on any atom is 0.410 e. The number of rotatable bonds is 7. The number of hydrogen-bond donors (Lipinski definition) is 2. The molecule has 1 saturated heterocycles. The zero-order valence-corrected chi connectivity index (χ0v) is 21.9. The molecule has 2 N–H and O–H groups in total. The van der Waals surface area contributed by atoms with Gasteiger partial charge in [-0.2, -0.15) is 5.10 Å². The van der Waals surface area contributed by atoms with E-state index in [1.807, 2.05) is 40.1 Å². The van der Waals surface area contributed by atoms with Crippen LogP contribution in [0.4, 0.5) is 27.8 Å². The molecule has 196 valence electrons. The summed E-state index contributed by atoms with van der Waals surface area (Å²) in [7, 11) is 3.14. The van der Waals surface area contributed by atoms with E-state index in [2.05, 4.69) is 32.6 Å². The topological polar surface area (TPSA) is 127 Å². The van der Waals surface area contributed by atoms with Crippen LogP contribution in [0.5, 0.6) is 0 Å². The molecule has 0 radical (unpaired) electrons. The predicted octanol–water partition coefficient (Wildman–Crippen LogP) is 4.26. The molecule has 3 aromatic rings. The van der Waals surface area contributed by atoms with Gasteiger partial charge in [-0.15, -0.1) is 0 Å². The van der Waals surface area contributed by atoms with E-state index in [1.165, 1.54) is 7.11 Å². The highest BCUT2D eigenvalue weighted by Crippen LogP contribution is 2.32. The number of nitrogens with one attached hydrogen (secondary N) is 2. The van der Waals surface area contributed by atoms with E-state index in [0.29, 0.717) is 35.3 Å². The van der Waals surface area contributed by atoms with Crippen molar-refractivity contribution in [2.75, 3.05) is 30.8 Å². The predicted molar refractivity (Wildman–Crippen MR) is 139 cm³/mol. The lowest BCUT2D eigenvalue weighted by molar-refractivity contribution is -0.736. The first kappa shape index (κ1) is 25.9. The van der Waals surface area contributed by atoms with Crippen LogP contribution in [-0.4, -0.2) is 67.5 Å². The molecule has 0 aliphatic carbocycles. The quantitative estimate of drug-likeness (QED) is 0.449. The first-order valence-electron chi connectivity index (χ1n) is 12.0. The van der Waals surface area contributed by atoms with Crippen molar-refractivity contribution in [2.45, 2.75) is 39.3 Å². The van der Waals surface area contributed by atoms with Crippen LogP contribution in [0.2, 0.25) is 0 Å².